The van der Waals surface area contributed by atoms with Crippen molar-refractivity contribution < 1.29 is 21.6 Å². The first-order valence-electron chi connectivity index (χ1n) is 5.73. The Morgan fingerprint density at radius 3 is 2.22 bits per heavy atom. The molecule has 2 aromatic rings. The molecule has 12 heteroatoms. The number of halogens is 6. The summed E-state index contributed by atoms with van der Waals surface area (Å²) in [4.78, 5) is 0. The molecule has 23 heavy (non-hydrogen) atoms. The van der Waals surface area contributed by atoms with Crippen molar-refractivity contribution in [2.75, 3.05) is 5.73 Å². The Morgan fingerprint density at radius 2 is 1.78 bits per heavy atom. The van der Waals surface area contributed by atoms with E-state index in [1.54, 1.807) is 22.6 Å². The number of benzene rings is 1. The van der Waals surface area contributed by atoms with Gasteiger partial charge in [-0.25, -0.2) is 13.1 Å². The third-order valence-electron chi connectivity index (χ3n) is 2.82. The van der Waals surface area contributed by atoms with Crippen molar-refractivity contribution >= 4 is 62.3 Å². The first-order valence-corrected chi connectivity index (χ1v) is 8.93. The van der Waals surface area contributed by atoms with Crippen LogP contribution >= 0.6 is 45.8 Å². The molecular formula is C11H7Cl2F3IN3O2S. The van der Waals surface area contributed by atoms with Crippen molar-refractivity contribution in [1.29, 1.82) is 0 Å². The lowest BCUT2D eigenvalue weighted by Gasteiger charge is -2.13. The average Bonchev–Trinajstić information content (AvgIpc) is 2.64. The summed E-state index contributed by atoms with van der Waals surface area (Å²) in [6.07, 6.45) is -4.61. The molecule has 2 rings (SSSR count). The summed E-state index contributed by atoms with van der Waals surface area (Å²) >= 11 is 13.5. The van der Waals surface area contributed by atoms with Crippen LogP contribution in [0.4, 0.5) is 19.0 Å². The second-order valence-corrected chi connectivity index (χ2v) is 7.16. The quantitative estimate of drug-likeness (QED) is 0.500. The van der Waals surface area contributed by atoms with Crippen molar-refractivity contribution in [3.8, 4) is 5.69 Å². The van der Waals surface area contributed by atoms with Gasteiger partial charge in [0.2, 0.25) is 0 Å². The van der Waals surface area contributed by atoms with Gasteiger partial charge in [-0.05, 0) is 34.7 Å². The monoisotopic (exact) mass is 499 g/mol. The standard InChI is InChI=1S/C11H7Cl2F3IN3O2S/c12-6-1-4(11(14,15)16)2-7(13)8(6)20-10(18)5(3-23(21)22)9(17)19-20/h1-2,23H,3,18H2. The normalized spacial score (nSPS) is 12.1. The van der Waals surface area contributed by atoms with Crippen LogP contribution in [0.2, 0.25) is 10.0 Å². The molecule has 126 valence electrons. The van der Waals surface area contributed by atoms with Crippen LogP contribution in [-0.4, -0.2) is 18.2 Å². The third-order valence-corrected chi connectivity index (χ3v) is 4.83. The molecule has 0 atom stereocenters. The Bertz CT molecular complexity index is 821. The molecule has 0 amide bonds. The van der Waals surface area contributed by atoms with Crippen molar-refractivity contribution in [2.45, 2.75) is 11.9 Å². The largest absolute Gasteiger partial charge is 0.416 e. The average molecular weight is 500 g/mol. The molecule has 0 saturated heterocycles. The summed E-state index contributed by atoms with van der Waals surface area (Å²) in [6.45, 7) is 0. The van der Waals surface area contributed by atoms with E-state index >= 15 is 0 Å². The van der Waals surface area contributed by atoms with Crippen LogP contribution in [0.15, 0.2) is 12.1 Å². The number of thiol groups is 1. The SMILES string of the molecule is Nc1c(C[SH](=O)=O)c(I)nn1-c1c(Cl)cc(C(F)(F)F)cc1Cl. The number of nitrogens with zero attached hydrogens (tertiary/aromatic N) is 2. The van der Waals surface area contributed by atoms with Gasteiger partial charge in [0.15, 0.2) is 0 Å². The molecule has 0 radical (unpaired) electrons. The van der Waals surface area contributed by atoms with E-state index in [1.165, 1.54) is 0 Å². The molecule has 0 aliphatic heterocycles. The number of hydrogen-bond donors (Lipinski definition) is 2. The number of nitrogens with two attached hydrogens (primary N) is 1. The summed E-state index contributed by atoms with van der Waals surface area (Å²) in [5, 5.41) is 3.38. The molecule has 0 bridgehead atoms. The molecule has 2 N–H and O–H groups in total. The predicted molar refractivity (Wildman–Crippen MR) is 89.7 cm³/mol. The molecule has 0 aliphatic rings. The lowest BCUT2D eigenvalue weighted by Crippen LogP contribution is -2.09. The van der Waals surface area contributed by atoms with Crippen molar-refractivity contribution in [2.24, 2.45) is 0 Å². The second-order valence-electron chi connectivity index (χ2n) is 4.34. The van der Waals surface area contributed by atoms with E-state index in [0.717, 1.165) is 4.68 Å². The number of rotatable bonds is 3. The minimum absolute atomic E-state index is 0.0517. The summed E-state index contributed by atoms with van der Waals surface area (Å²) in [7, 11) is -2.75. The van der Waals surface area contributed by atoms with Crippen LogP contribution in [-0.2, 0) is 22.6 Å². The zero-order valence-electron chi connectivity index (χ0n) is 10.9. The summed E-state index contributed by atoms with van der Waals surface area (Å²) < 4.78 is 61.3. The Morgan fingerprint density at radius 1 is 1.26 bits per heavy atom. The highest BCUT2D eigenvalue weighted by molar-refractivity contribution is 14.1. The highest BCUT2D eigenvalue weighted by atomic mass is 127. The number of aromatic nitrogens is 2. The van der Waals surface area contributed by atoms with Crippen LogP contribution in [0.3, 0.4) is 0 Å². The van der Waals surface area contributed by atoms with Gasteiger partial charge in [-0.3, -0.25) is 0 Å². The minimum atomic E-state index is -4.61. The lowest BCUT2D eigenvalue weighted by molar-refractivity contribution is -0.137. The summed E-state index contributed by atoms with van der Waals surface area (Å²) in [6, 6.07) is 1.40. The molecule has 0 spiro atoms. The lowest BCUT2D eigenvalue weighted by atomic mass is 10.2. The number of alkyl halides is 3. The molecule has 0 unspecified atom stereocenters. The van der Waals surface area contributed by atoms with Crippen LogP contribution in [0.1, 0.15) is 11.1 Å². The Kier molecular flexibility index (Phi) is 5.38. The minimum Gasteiger partial charge on any atom is -0.383 e. The van der Waals surface area contributed by atoms with Gasteiger partial charge < -0.3 is 5.73 Å². The van der Waals surface area contributed by atoms with Gasteiger partial charge in [-0.15, -0.1) is 0 Å². The number of nitrogen functional groups attached to an aromatic ring is 1. The van der Waals surface area contributed by atoms with E-state index in [0.29, 0.717) is 12.1 Å². The molecule has 5 nitrogen and oxygen atoms in total. The molecular weight excluding hydrogens is 493 g/mol. The third kappa shape index (κ3) is 3.86. The van der Waals surface area contributed by atoms with Gasteiger partial charge in [-0.2, -0.15) is 18.3 Å². The van der Waals surface area contributed by atoms with Crippen molar-refractivity contribution in [1.82, 2.24) is 9.78 Å². The summed E-state index contributed by atoms with van der Waals surface area (Å²) in [5.41, 5.74) is 5.00. The Labute approximate surface area is 153 Å². The van der Waals surface area contributed by atoms with Gasteiger partial charge in [0, 0.05) is 5.56 Å². The smallest absolute Gasteiger partial charge is 0.383 e. The molecule has 1 aromatic carbocycles. The zero-order valence-corrected chi connectivity index (χ0v) is 15.4. The van der Waals surface area contributed by atoms with E-state index in [1.807, 2.05) is 0 Å². The van der Waals surface area contributed by atoms with E-state index in [4.69, 9.17) is 28.9 Å². The Hall–Kier alpha value is -0.720. The van der Waals surface area contributed by atoms with Crippen molar-refractivity contribution in [3.63, 3.8) is 0 Å². The fourth-order valence-electron chi connectivity index (χ4n) is 1.81. The van der Waals surface area contributed by atoms with E-state index in [9.17, 15) is 21.6 Å². The van der Waals surface area contributed by atoms with E-state index < -0.39 is 22.4 Å². The molecule has 0 fully saturated rings. The van der Waals surface area contributed by atoms with Gasteiger partial charge in [-0.1, -0.05) is 23.2 Å². The van der Waals surface area contributed by atoms with Gasteiger partial charge in [0.25, 0.3) is 0 Å². The molecule has 1 heterocycles. The second kappa shape index (κ2) is 6.65. The molecule has 0 saturated carbocycles. The van der Waals surface area contributed by atoms with Crippen LogP contribution in [0.5, 0.6) is 0 Å². The maximum Gasteiger partial charge on any atom is 0.416 e. The zero-order chi connectivity index (χ0) is 17.5. The van der Waals surface area contributed by atoms with E-state index in [-0.39, 0.29) is 36.6 Å². The summed E-state index contributed by atoms with van der Waals surface area (Å²) in [5.74, 6) is -0.410. The van der Waals surface area contributed by atoms with Crippen LogP contribution in [0, 0.1) is 3.70 Å². The maximum absolute atomic E-state index is 12.7. The topological polar surface area (TPSA) is 78.0 Å². The number of hydrogen-bond acceptors (Lipinski definition) is 4. The van der Waals surface area contributed by atoms with Crippen LogP contribution in [0.25, 0.3) is 5.69 Å². The van der Waals surface area contributed by atoms with Gasteiger partial charge in [0.05, 0.1) is 21.4 Å². The highest BCUT2D eigenvalue weighted by Gasteiger charge is 2.32. The van der Waals surface area contributed by atoms with Gasteiger partial charge >= 0.3 is 6.18 Å². The van der Waals surface area contributed by atoms with Crippen LogP contribution < -0.4 is 5.73 Å². The predicted octanol–water partition coefficient (Wildman–Crippen LogP) is 3.50. The fraction of sp³-hybridized carbons (Fsp3) is 0.182. The number of anilines is 1. The first-order chi connectivity index (χ1) is 10.5. The molecule has 0 aliphatic carbocycles. The van der Waals surface area contributed by atoms with Gasteiger partial charge in [0.1, 0.15) is 25.9 Å². The maximum atomic E-state index is 12.7. The van der Waals surface area contributed by atoms with E-state index in [2.05, 4.69) is 5.10 Å². The highest BCUT2D eigenvalue weighted by Crippen LogP contribution is 2.38. The molecule has 1 aromatic heterocycles. The first kappa shape index (κ1) is 18.6. The van der Waals surface area contributed by atoms with Crippen molar-refractivity contribution in [3.05, 3.63) is 37.0 Å². The Balaban J connectivity index is 2.64. The fourth-order valence-corrected chi connectivity index (χ4v) is 4.01.